The first-order valence-electron chi connectivity index (χ1n) is 4.86. The summed E-state index contributed by atoms with van der Waals surface area (Å²) in [6.07, 6.45) is -6.30. The van der Waals surface area contributed by atoms with Crippen LogP contribution in [0.3, 0.4) is 0 Å². The molecule has 108 valence electrons. The van der Waals surface area contributed by atoms with Crippen LogP contribution in [0.15, 0.2) is 0 Å². The monoisotopic (exact) mass is 293 g/mol. The Kier molecular flexibility index (Phi) is 6.57. The maximum atomic E-state index is 11.8. The van der Waals surface area contributed by atoms with Gasteiger partial charge in [-0.25, -0.2) is 8.42 Å². The van der Waals surface area contributed by atoms with Gasteiger partial charge in [-0.15, -0.1) is 0 Å². The van der Waals surface area contributed by atoms with Crippen molar-refractivity contribution in [3.8, 4) is 0 Å². The summed E-state index contributed by atoms with van der Waals surface area (Å²) in [5, 5.41) is 8.74. The van der Waals surface area contributed by atoms with E-state index in [-0.39, 0.29) is 0 Å². The summed E-state index contributed by atoms with van der Waals surface area (Å²) >= 11 is 0. The van der Waals surface area contributed by atoms with E-state index in [1.54, 1.807) is 4.72 Å². The van der Waals surface area contributed by atoms with Gasteiger partial charge in [-0.1, -0.05) is 0 Å². The number of hydrogen-bond donors (Lipinski definition) is 2. The van der Waals surface area contributed by atoms with Crippen LogP contribution in [0.1, 0.15) is 12.8 Å². The van der Waals surface area contributed by atoms with E-state index in [0.717, 1.165) is 7.11 Å². The molecule has 0 radical (unpaired) electrons. The lowest BCUT2D eigenvalue weighted by atomic mass is 10.3. The van der Waals surface area contributed by atoms with E-state index < -0.39 is 53.4 Å². The summed E-state index contributed by atoms with van der Waals surface area (Å²) in [6.45, 7) is -0.842. The zero-order valence-electron chi connectivity index (χ0n) is 9.53. The van der Waals surface area contributed by atoms with Gasteiger partial charge < -0.3 is 9.84 Å². The summed E-state index contributed by atoms with van der Waals surface area (Å²) in [6, 6.07) is -1.51. The van der Waals surface area contributed by atoms with Crippen LogP contribution in [0, 0.1) is 0 Å². The zero-order valence-corrected chi connectivity index (χ0v) is 10.3. The smallest absolute Gasteiger partial charge is 0.389 e. The summed E-state index contributed by atoms with van der Waals surface area (Å²) in [7, 11) is -3.09. The molecule has 6 nitrogen and oxygen atoms in total. The summed E-state index contributed by atoms with van der Waals surface area (Å²) in [4.78, 5) is 11.0. The van der Waals surface area contributed by atoms with Crippen LogP contribution in [0.2, 0.25) is 0 Å². The Labute approximate surface area is 102 Å². The number of rotatable bonds is 7. The van der Waals surface area contributed by atoms with Gasteiger partial charge in [0.05, 0.1) is 19.5 Å². The van der Waals surface area contributed by atoms with Crippen molar-refractivity contribution in [1.82, 2.24) is 4.72 Å². The maximum absolute atomic E-state index is 11.8. The SMILES string of the molecule is COC(=O)C(CO)NS(=O)(=O)CCCC(F)(F)F. The molecule has 0 amide bonds. The highest BCUT2D eigenvalue weighted by Crippen LogP contribution is 2.21. The molecule has 0 aliphatic rings. The first-order chi connectivity index (χ1) is 8.11. The number of halogens is 3. The molecule has 1 atom stereocenters. The van der Waals surface area contributed by atoms with Gasteiger partial charge in [0, 0.05) is 6.42 Å². The van der Waals surface area contributed by atoms with E-state index in [4.69, 9.17) is 5.11 Å². The molecule has 0 spiro atoms. The number of sulfonamides is 1. The Morgan fingerprint density at radius 3 is 2.39 bits per heavy atom. The molecule has 0 aliphatic heterocycles. The first kappa shape index (κ1) is 17.1. The zero-order chi connectivity index (χ0) is 14.4. The minimum Gasteiger partial charge on any atom is -0.468 e. The Morgan fingerprint density at radius 2 is 2.00 bits per heavy atom. The molecular formula is C8H14F3NO5S. The lowest BCUT2D eigenvalue weighted by molar-refractivity contribution is -0.143. The highest BCUT2D eigenvalue weighted by molar-refractivity contribution is 7.89. The van der Waals surface area contributed by atoms with Crippen molar-refractivity contribution in [2.24, 2.45) is 0 Å². The molecular weight excluding hydrogens is 279 g/mol. The average molecular weight is 293 g/mol. The Hall–Kier alpha value is -0.870. The molecule has 0 rings (SSSR count). The van der Waals surface area contributed by atoms with Crippen molar-refractivity contribution < 1.29 is 36.2 Å². The highest BCUT2D eigenvalue weighted by atomic mass is 32.2. The largest absolute Gasteiger partial charge is 0.468 e. The van der Waals surface area contributed by atoms with Gasteiger partial charge >= 0.3 is 12.1 Å². The summed E-state index contributed by atoms with van der Waals surface area (Å²) in [5.41, 5.74) is 0. The number of esters is 1. The van der Waals surface area contributed by atoms with Crippen LogP contribution >= 0.6 is 0 Å². The van der Waals surface area contributed by atoms with Crippen molar-refractivity contribution in [2.45, 2.75) is 25.1 Å². The van der Waals surface area contributed by atoms with E-state index in [1.165, 1.54) is 0 Å². The van der Waals surface area contributed by atoms with Gasteiger partial charge in [0.15, 0.2) is 0 Å². The van der Waals surface area contributed by atoms with Gasteiger partial charge in [-0.05, 0) is 6.42 Å². The molecule has 2 N–H and O–H groups in total. The Balaban J connectivity index is 4.34. The van der Waals surface area contributed by atoms with Crippen LogP contribution in [0.5, 0.6) is 0 Å². The lowest BCUT2D eigenvalue weighted by Crippen LogP contribution is -2.44. The van der Waals surface area contributed by atoms with Crippen LogP contribution in [0.4, 0.5) is 13.2 Å². The second-order valence-electron chi connectivity index (χ2n) is 3.41. The van der Waals surface area contributed by atoms with Crippen molar-refractivity contribution in [3.05, 3.63) is 0 Å². The second kappa shape index (κ2) is 6.90. The van der Waals surface area contributed by atoms with Gasteiger partial charge in [0.2, 0.25) is 10.0 Å². The number of aliphatic hydroxyl groups is 1. The summed E-state index contributed by atoms with van der Waals surface area (Å²) in [5.74, 6) is -1.81. The molecule has 0 saturated heterocycles. The molecule has 0 heterocycles. The topological polar surface area (TPSA) is 92.7 Å². The van der Waals surface area contributed by atoms with Gasteiger partial charge in [-0.3, -0.25) is 4.79 Å². The quantitative estimate of drug-likeness (QED) is 0.633. The Morgan fingerprint density at radius 1 is 1.44 bits per heavy atom. The third-order valence-electron chi connectivity index (χ3n) is 1.86. The van der Waals surface area contributed by atoms with E-state index in [2.05, 4.69) is 4.74 Å². The molecule has 0 aliphatic carbocycles. The number of ether oxygens (including phenoxy) is 1. The van der Waals surface area contributed by atoms with Crippen molar-refractivity contribution in [2.75, 3.05) is 19.5 Å². The van der Waals surface area contributed by atoms with Crippen LogP contribution < -0.4 is 4.72 Å². The fourth-order valence-electron chi connectivity index (χ4n) is 1.04. The number of carbonyl (C=O) groups is 1. The number of alkyl halides is 3. The fraction of sp³-hybridized carbons (Fsp3) is 0.875. The fourth-order valence-corrected chi connectivity index (χ4v) is 2.29. The van der Waals surface area contributed by atoms with Crippen LogP contribution in [-0.2, 0) is 19.6 Å². The lowest BCUT2D eigenvalue weighted by Gasteiger charge is -2.14. The van der Waals surface area contributed by atoms with E-state index in [1.807, 2.05) is 0 Å². The Bertz CT molecular complexity index is 367. The third kappa shape index (κ3) is 7.45. The highest BCUT2D eigenvalue weighted by Gasteiger charge is 2.29. The minimum absolute atomic E-state index is 0.627. The van der Waals surface area contributed by atoms with E-state index in [9.17, 15) is 26.4 Å². The number of aliphatic hydroxyl groups excluding tert-OH is 1. The third-order valence-corrected chi connectivity index (χ3v) is 3.33. The molecule has 1 unspecified atom stereocenters. The first-order valence-corrected chi connectivity index (χ1v) is 6.52. The molecule has 0 aromatic rings. The molecule has 0 saturated carbocycles. The molecule has 0 bridgehead atoms. The van der Waals surface area contributed by atoms with E-state index in [0.29, 0.717) is 0 Å². The van der Waals surface area contributed by atoms with Crippen LogP contribution in [-0.4, -0.2) is 51.2 Å². The summed E-state index contributed by atoms with van der Waals surface area (Å²) < 4.78 is 64.0. The number of methoxy groups -OCH3 is 1. The van der Waals surface area contributed by atoms with Gasteiger partial charge in [0.1, 0.15) is 6.04 Å². The predicted molar refractivity (Wildman–Crippen MR) is 55.1 cm³/mol. The molecule has 0 fully saturated rings. The predicted octanol–water partition coefficient (Wildman–Crippen LogP) is -0.218. The number of nitrogens with one attached hydrogen (secondary N) is 1. The molecule has 18 heavy (non-hydrogen) atoms. The minimum atomic E-state index is -4.44. The van der Waals surface area contributed by atoms with Gasteiger partial charge in [0.25, 0.3) is 0 Å². The molecule has 0 aromatic heterocycles. The van der Waals surface area contributed by atoms with Crippen LogP contribution in [0.25, 0.3) is 0 Å². The van der Waals surface area contributed by atoms with E-state index >= 15 is 0 Å². The standard InChI is InChI=1S/C8H14F3NO5S/c1-17-7(14)6(5-13)12-18(15,16)4-2-3-8(9,10)11/h6,12-13H,2-5H2,1H3. The number of hydrogen-bond acceptors (Lipinski definition) is 5. The van der Waals surface area contributed by atoms with Gasteiger partial charge in [-0.2, -0.15) is 17.9 Å². The van der Waals surface area contributed by atoms with Crippen molar-refractivity contribution in [3.63, 3.8) is 0 Å². The number of carbonyl (C=O) groups excluding carboxylic acids is 1. The maximum Gasteiger partial charge on any atom is 0.389 e. The normalized spacial score (nSPS) is 14.3. The van der Waals surface area contributed by atoms with Crippen molar-refractivity contribution >= 4 is 16.0 Å². The molecule has 10 heteroatoms. The van der Waals surface area contributed by atoms with Crippen molar-refractivity contribution in [1.29, 1.82) is 0 Å². The average Bonchev–Trinajstić information content (AvgIpc) is 2.22. The molecule has 0 aromatic carbocycles. The second-order valence-corrected chi connectivity index (χ2v) is 5.29.